The molecular formula is C15H20N2O3S. The molecule has 0 unspecified atom stereocenters. The van der Waals surface area contributed by atoms with Crippen molar-refractivity contribution >= 4 is 21.6 Å². The van der Waals surface area contributed by atoms with Gasteiger partial charge in [0.15, 0.2) is 0 Å². The molecule has 114 valence electrons. The number of fused-ring (bicyclic) bond motifs is 1. The van der Waals surface area contributed by atoms with Gasteiger partial charge in [-0.2, -0.15) is 4.31 Å². The van der Waals surface area contributed by atoms with Gasteiger partial charge < -0.3 is 4.90 Å². The molecule has 2 aliphatic rings. The van der Waals surface area contributed by atoms with Crippen LogP contribution in [0.4, 0.5) is 5.69 Å². The van der Waals surface area contributed by atoms with E-state index < -0.39 is 10.0 Å². The second kappa shape index (κ2) is 5.42. The van der Waals surface area contributed by atoms with Gasteiger partial charge in [-0.25, -0.2) is 8.42 Å². The number of rotatable bonds is 3. The van der Waals surface area contributed by atoms with Crippen LogP contribution in [0.25, 0.3) is 0 Å². The second-order valence-corrected chi connectivity index (χ2v) is 7.48. The zero-order valence-electron chi connectivity index (χ0n) is 12.2. The van der Waals surface area contributed by atoms with E-state index in [1.165, 1.54) is 0 Å². The summed E-state index contributed by atoms with van der Waals surface area (Å²) in [6.07, 6.45) is 2.94. The van der Waals surface area contributed by atoms with E-state index in [1.807, 2.05) is 6.92 Å². The third-order valence-corrected chi connectivity index (χ3v) is 6.16. The molecule has 0 bridgehead atoms. The van der Waals surface area contributed by atoms with Gasteiger partial charge in [0.1, 0.15) is 0 Å². The lowest BCUT2D eigenvalue weighted by atomic mass is 10.0. The largest absolute Gasteiger partial charge is 0.312 e. The lowest BCUT2D eigenvalue weighted by Gasteiger charge is -2.29. The van der Waals surface area contributed by atoms with E-state index in [1.54, 1.807) is 27.4 Å². The van der Waals surface area contributed by atoms with Crippen LogP contribution in [0.1, 0.15) is 31.7 Å². The van der Waals surface area contributed by atoms with E-state index in [0.29, 0.717) is 37.4 Å². The molecule has 6 heteroatoms. The Labute approximate surface area is 125 Å². The topological polar surface area (TPSA) is 57.7 Å². The first-order chi connectivity index (χ1) is 10.0. The lowest BCUT2D eigenvalue weighted by molar-refractivity contribution is -0.118. The number of carbonyl (C=O) groups is 1. The SMILES string of the molecule is CCN1C(=O)CCc2cc(S(=O)(=O)N3CCCC3)ccc21. The molecule has 5 nitrogen and oxygen atoms in total. The van der Waals surface area contributed by atoms with Gasteiger partial charge in [-0.05, 0) is 49.9 Å². The number of hydrogen-bond donors (Lipinski definition) is 0. The number of carbonyl (C=O) groups excluding carboxylic acids is 1. The van der Waals surface area contributed by atoms with Crippen LogP contribution in [0.5, 0.6) is 0 Å². The Kier molecular flexibility index (Phi) is 3.75. The highest BCUT2D eigenvalue weighted by atomic mass is 32.2. The third kappa shape index (κ3) is 2.46. The summed E-state index contributed by atoms with van der Waals surface area (Å²) in [6.45, 7) is 3.77. The summed E-state index contributed by atoms with van der Waals surface area (Å²) < 4.78 is 26.7. The quantitative estimate of drug-likeness (QED) is 0.855. The molecule has 1 fully saturated rings. The molecule has 0 saturated carbocycles. The van der Waals surface area contributed by atoms with Gasteiger partial charge in [-0.3, -0.25) is 4.79 Å². The normalized spacial score (nSPS) is 19.9. The van der Waals surface area contributed by atoms with E-state index in [0.717, 1.165) is 24.1 Å². The van der Waals surface area contributed by atoms with Crippen molar-refractivity contribution in [1.82, 2.24) is 4.31 Å². The Balaban J connectivity index is 1.98. The van der Waals surface area contributed by atoms with Crippen LogP contribution in [0.15, 0.2) is 23.1 Å². The summed E-state index contributed by atoms with van der Waals surface area (Å²) in [5, 5.41) is 0. The smallest absolute Gasteiger partial charge is 0.243 e. The van der Waals surface area contributed by atoms with E-state index in [9.17, 15) is 13.2 Å². The molecule has 1 aromatic carbocycles. The number of anilines is 1. The number of aryl methyl sites for hydroxylation is 1. The predicted octanol–water partition coefficient (Wildman–Crippen LogP) is 1.77. The maximum atomic E-state index is 12.6. The van der Waals surface area contributed by atoms with Crippen molar-refractivity contribution in [2.24, 2.45) is 0 Å². The summed E-state index contributed by atoms with van der Waals surface area (Å²) in [4.78, 5) is 14.0. The number of nitrogens with zero attached hydrogens (tertiary/aromatic N) is 2. The van der Waals surface area contributed by atoms with Crippen molar-refractivity contribution in [2.45, 2.75) is 37.5 Å². The molecule has 0 aromatic heterocycles. The molecule has 21 heavy (non-hydrogen) atoms. The molecule has 0 atom stereocenters. The summed E-state index contributed by atoms with van der Waals surface area (Å²) in [5.41, 5.74) is 1.81. The molecule has 0 radical (unpaired) electrons. The van der Waals surface area contributed by atoms with Gasteiger partial charge in [0, 0.05) is 31.7 Å². The van der Waals surface area contributed by atoms with Gasteiger partial charge in [-0.1, -0.05) is 0 Å². The summed E-state index contributed by atoms with van der Waals surface area (Å²) in [6, 6.07) is 5.16. The number of amides is 1. The molecule has 1 saturated heterocycles. The highest BCUT2D eigenvalue weighted by Crippen LogP contribution is 2.31. The van der Waals surface area contributed by atoms with Crippen LogP contribution in [-0.4, -0.2) is 38.3 Å². The Bertz CT molecular complexity index is 663. The number of sulfonamides is 1. The van der Waals surface area contributed by atoms with Crippen molar-refractivity contribution in [2.75, 3.05) is 24.5 Å². The summed E-state index contributed by atoms with van der Waals surface area (Å²) >= 11 is 0. The monoisotopic (exact) mass is 308 g/mol. The molecule has 0 spiro atoms. The van der Waals surface area contributed by atoms with Gasteiger partial charge in [0.05, 0.1) is 4.90 Å². The summed E-state index contributed by atoms with van der Waals surface area (Å²) in [5.74, 6) is 0.111. The lowest BCUT2D eigenvalue weighted by Crippen LogP contribution is -2.35. The molecule has 2 aliphatic heterocycles. The minimum atomic E-state index is -3.38. The first-order valence-corrected chi connectivity index (χ1v) is 8.91. The fraction of sp³-hybridized carbons (Fsp3) is 0.533. The molecule has 1 aromatic rings. The van der Waals surface area contributed by atoms with Gasteiger partial charge >= 0.3 is 0 Å². The van der Waals surface area contributed by atoms with Gasteiger partial charge in [0.25, 0.3) is 0 Å². The van der Waals surface area contributed by atoms with E-state index in [-0.39, 0.29) is 5.91 Å². The van der Waals surface area contributed by atoms with Crippen LogP contribution in [0, 0.1) is 0 Å². The van der Waals surface area contributed by atoms with Crippen LogP contribution in [-0.2, 0) is 21.2 Å². The van der Waals surface area contributed by atoms with Crippen LogP contribution < -0.4 is 4.90 Å². The van der Waals surface area contributed by atoms with Crippen LogP contribution >= 0.6 is 0 Å². The zero-order valence-corrected chi connectivity index (χ0v) is 13.0. The second-order valence-electron chi connectivity index (χ2n) is 5.54. The Morgan fingerprint density at radius 2 is 1.86 bits per heavy atom. The molecule has 0 aliphatic carbocycles. The minimum absolute atomic E-state index is 0.111. The Morgan fingerprint density at radius 1 is 1.14 bits per heavy atom. The Hall–Kier alpha value is -1.40. The van der Waals surface area contributed by atoms with E-state index in [2.05, 4.69) is 0 Å². The number of hydrogen-bond acceptors (Lipinski definition) is 3. The fourth-order valence-electron chi connectivity index (χ4n) is 3.12. The first-order valence-electron chi connectivity index (χ1n) is 7.47. The van der Waals surface area contributed by atoms with Crippen molar-refractivity contribution in [3.05, 3.63) is 23.8 Å². The molecule has 1 amide bonds. The van der Waals surface area contributed by atoms with Gasteiger partial charge in [0.2, 0.25) is 15.9 Å². The molecule has 2 heterocycles. The number of benzene rings is 1. The van der Waals surface area contributed by atoms with Crippen molar-refractivity contribution in [3.63, 3.8) is 0 Å². The first kappa shape index (κ1) is 14.5. The third-order valence-electron chi connectivity index (χ3n) is 4.27. The van der Waals surface area contributed by atoms with E-state index in [4.69, 9.17) is 0 Å². The highest BCUT2D eigenvalue weighted by Gasteiger charge is 2.29. The van der Waals surface area contributed by atoms with Gasteiger partial charge in [-0.15, -0.1) is 0 Å². The standard InChI is InChI=1S/C15H20N2O3S/c1-2-17-14-7-6-13(11-12(14)5-8-15(17)18)21(19,20)16-9-3-4-10-16/h6-7,11H,2-5,8-10H2,1H3. The molecular weight excluding hydrogens is 288 g/mol. The van der Waals surface area contributed by atoms with Crippen molar-refractivity contribution < 1.29 is 13.2 Å². The van der Waals surface area contributed by atoms with Crippen LogP contribution in [0.2, 0.25) is 0 Å². The highest BCUT2D eigenvalue weighted by molar-refractivity contribution is 7.89. The van der Waals surface area contributed by atoms with Crippen molar-refractivity contribution in [1.29, 1.82) is 0 Å². The van der Waals surface area contributed by atoms with Crippen LogP contribution in [0.3, 0.4) is 0 Å². The average molecular weight is 308 g/mol. The fourth-order valence-corrected chi connectivity index (χ4v) is 4.69. The minimum Gasteiger partial charge on any atom is -0.312 e. The Morgan fingerprint density at radius 3 is 2.52 bits per heavy atom. The molecule has 0 N–H and O–H groups in total. The van der Waals surface area contributed by atoms with E-state index >= 15 is 0 Å². The predicted molar refractivity (Wildman–Crippen MR) is 80.8 cm³/mol. The maximum absolute atomic E-state index is 12.6. The zero-order chi connectivity index (χ0) is 15.0. The maximum Gasteiger partial charge on any atom is 0.243 e. The average Bonchev–Trinajstić information content (AvgIpc) is 3.01. The van der Waals surface area contributed by atoms with Crippen molar-refractivity contribution in [3.8, 4) is 0 Å². The molecule has 3 rings (SSSR count). The summed E-state index contributed by atoms with van der Waals surface area (Å²) in [7, 11) is -3.38.